The van der Waals surface area contributed by atoms with Crippen LogP contribution in [-0.4, -0.2) is 33.3 Å². The zero-order valence-electron chi connectivity index (χ0n) is 17.2. The lowest BCUT2D eigenvalue weighted by Gasteiger charge is -2.12. The van der Waals surface area contributed by atoms with Crippen LogP contribution in [0.25, 0.3) is 22.3 Å². The van der Waals surface area contributed by atoms with Crippen molar-refractivity contribution in [2.24, 2.45) is 5.73 Å². The highest BCUT2D eigenvalue weighted by Crippen LogP contribution is 2.28. The molecule has 0 aliphatic carbocycles. The van der Waals surface area contributed by atoms with E-state index < -0.39 is 0 Å². The Bertz CT molecular complexity index is 969. The molecule has 29 heavy (non-hydrogen) atoms. The number of hydrogen-bond donors (Lipinski definition) is 2. The van der Waals surface area contributed by atoms with Crippen LogP contribution in [0.1, 0.15) is 49.2 Å². The predicted molar refractivity (Wildman–Crippen MR) is 123 cm³/mol. The smallest absolute Gasteiger partial charge is 0.252 e. The number of nitrogens with two attached hydrogens (primary N) is 1. The van der Waals surface area contributed by atoms with Gasteiger partial charge >= 0.3 is 0 Å². The lowest BCUT2D eigenvalue weighted by Crippen LogP contribution is -2.29. The number of fused-ring (bicyclic) bond motifs is 1. The van der Waals surface area contributed by atoms with Crippen molar-refractivity contribution >= 4 is 41.8 Å². The Kier molecular flexibility index (Phi) is 9.08. The Hall–Kier alpha value is -2.15. The Balaban J connectivity index is 0.00000210. The monoisotopic (exact) mass is 437 g/mol. The summed E-state index contributed by atoms with van der Waals surface area (Å²) >= 11 is 0. The van der Waals surface area contributed by atoms with Crippen LogP contribution in [0, 0.1) is 6.92 Å². The van der Waals surface area contributed by atoms with Gasteiger partial charge in [0.15, 0.2) is 5.65 Å². The van der Waals surface area contributed by atoms with Gasteiger partial charge in [0.25, 0.3) is 5.91 Å². The molecule has 1 atom stereocenters. The zero-order chi connectivity index (χ0) is 19.6. The number of nitrogens with one attached hydrogen (secondary N) is 1. The summed E-state index contributed by atoms with van der Waals surface area (Å²) in [6.45, 7) is 8.62. The maximum absolute atomic E-state index is 12.9. The molecule has 0 saturated heterocycles. The number of amides is 1. The molecule has 1 aromatic carbocycles. The van der Waals surface area contributed by atoms with Crippen molar-refractivity contribution in [1.82, 2.24) is 20.1 Å². The van der Waals surface area contributed by atoms with Gasteiger partial charge in [0.2, 0.25) is 0 Å². The largest absolute Gasteiger partial charge is 0.352 e. The van der Waals surface area contributed by atoms with Gasteiger partial charge in [0.1, 0.15) is 0 Å². The molecule has 0 aliphatic heterocycles. The summed E-state index contributed by atoms with van der Waals surface area (Å²) in [5.41, 5.74) is 10.0. The van der Waals surface area contributed by atoms with E-state index in [-0.39, 0.29) is 42.8 Å². The fraction of sp³-hybridized carbons (Fsp3) is 0.381. The second-order valence-electron chi connectivity index (χ2n) is 7.31. The Morgan fingerprint density at radius 2 is 1.90 bits per heavy atom. The third-order valence-corrected chi connectivity index (χ3v) is 4.61. The summed E-state index contributed by atoms with van der Waals surface area (Å²) < 4.78 is 1.86. The molecule has 0 fully saturated rings. The van der Waals surface area contributed by atoms with Gasteiger partial charge in [0.05, 0.1) is 22.8 Å². The quantitative estimate of drug-likeness (QED) is 0.601. The molecule has 8 heteroatoms. The number of aryl methyl sites for hydroxylation is 1. The van der Waals surface area contributed by atoms with Gasteiger partial charge in [-0.15, -0.1) is 24.8 Å². The Labute approximate surface area is 184 Å². The second-order valence-corrected chi connectivity index (χ2v) is 7.31. The van der Waals surface area contributed by atoms with Crippen molar-refractivity contribution < 1.29 is 4.79 Å². The molecule has 3 N–H and O–H groups in total. The maximum Gasteiger partial charge on any atom is 0.252 e. The first-order valence-electron chi connectivity index (χ1n) is 9.36. The summed E-state index contributed by atoms with van der Waals surface area (Å²) in [5.74, 6) is -0.124. The number of nitrogens with zero attached hydrogens (tertiary/aromatic N) is 3. The van der Waals surface area contributed by atoms with E-state index in [0.29, 0.717) is 12.1 Å². The van der Waals surface area contributed by atoms with Crippen LogP contribution in [0.15, 0.2) is 36.5 Å². The summed E-state index contributed by atoms with van der Waals surface area (Å²) in [7, 11) is 0. The van der Waals surface area contributed by atoms with Crippen LogP contribution >= 0.6 is 24.8 Å². The van der Waals surface area contributed by atoms with Gasteiger partial charge in [-0.25, -0.2) is 9.67 Å². The average molecular weight is 438 g/mol. The lowest BCUT2D eigenvalue weighted by atomic mass is 10.0. The topological polar surface area (TPSA) is 85.8 Å². The van der Waals surface area contributed by atoms with Crippen molar-refractivity contribution in [3.05, 3.63) is 47.7 Å². The minimum atomic E-state index is -0.124. The highest BCUT2D eigenvalue weighted by Gasteiger charge is 2.19. The summed E-state index contributed by atoms with van der Waals surface area (Å²) in [6.07, 6.45) is 2.46. The molecule has 0 spiro atoms. The van der Waals surface area contributed by atoms with Crippen LogP contribution in [-0.2, 0) is 0 Å². The fourth-order valence-corrected chi connectivity index (χ4v) is 3.09. The van der Waals surface area contributed by atoms with Gasteiger partial charge in [0, 0.05) is 24.2 Å². The van der Waals surface area contributed by atoms with Gasteiger partial charge in [-0.1, -0.05) is 24.3 Å². The molecule has 2 aromatic heterocycles. The first-order chi connectivity index (χ1) is 12.9. The van der Waals surface area contributed by atoms with E-state index in [0.717, 1.165) is 34.3 Å². The van der Waals surface area contributed by atoms with E-state index >= 15 is 0 Å². The standard InChI is InChI=1S/C21H27N5O.2ClH/c1-13(2)26-20-18(12-24-26)17(21(27)23-10-9-15(4)22)11-19(25-20)16-8-6-5-7-14(16)3;;/h5-8,11-13,15H,9-10,22H2,1-4H3,(H,23,27);2*1H. The third-order valence-electron chi connectivity index (χ3n) is 4.61. The molecule has 0 saturated carbocycles. The molecule has 6 nitrogen and oxygen atoms in total. The van der Waals surface area contributed by atoms with Crippen LogP contribution < -0.4 is 11.1 Å². The van der Waals surface area contributed by atoms with Gasteiger partial charge in [-0.3, -0.25) is 4.79 Å². The van der Waals surface area contributed by atoms with E-state index in [2.05, 4.69) is 24.3 Å². The molecule has 0 radical (unpaired) electrons. The molecular formula is C21H29Cl2N5O. The Morgan fingerprint density at radius 1 is 1.21 bits per heavy atom. The number of benzene rings is 1. The minimum absolute atomic E-state index is 0. The van der Waals surface area contributed by atoms with Crippen molar-refractivity contribution in [3.63, 3.8) is 0 Å². The van der Waals surface area contributed by atoms with Crippen molar-refractivity contribution in [3.8, 4) is 11.3 Å². The van der Waals surface area contributed by atoms with E-state index in [4.69, 9.17) is 10.7 Å². The summed E-state index contributed by atoms with van der Waals surface area (Å²) in [5, 5.41) is 8.19. The summed E-state index contributed by atoms with van der Waals surface area (Å²) in [4.78, 5) is 17.7. The van der Waals surface area contributed by atoms with Crippen LogP contribution in [0.5, 0.6) is 0 Å². The van der Waals surface area contributed by atoms with Gasteiger partial charge < -0.3 is 11.1 Å². The van der Waals surface area contributed by atoms with Gasteiger partial charge in [-0.2, -0.15) is 5.10 Å². The van der Waals surface area contributed by atoms with Crippen LogP contribution in [0.3, 0.4) is 0 Å². The molecule has 158 valence electrons. The van der Waals surface area contributed by atoms with E-state index in [1.807, 2.05) is 48.9 Å². The number of hydrogen-bond acceptors (Lipinski definition) is 4. The van der Waals surface area contributed by atoms with Crippen molar-refractivity contribution in [2.45, 2.75) is 46.2 Å². The first-order valence-corrected chi connectivity index (χ1v) is 9.36. The maximum atomic E-state index is 12.9. The second kappa shape index (κ2) is 10.6. The number of rotatable bonds is 6. The first kappa shape index (κ1) is 24.9. The number of carbonyl (C=O) groups excluding carboxylic acids is 1. The normalized spacial score (nSPS) is 11.7. The van der Waals surface area contributed by atoms with Crippen molar-refractivity contribution in [1.29, 1.82) is 0 Å². The van der Waals surface area contributed by atoms with Crippen LogP contribution in [0.4, 0.5) is 0 Å². The highest BCUT2D eigenvalue weighted by molar-refractivity contribution is 6.06. The molecule has 1 unspecified atom stereocenters. The number of carbonyl (C=O) groups is 1. The number of halogens is 2. The fourth-order valence-electron chi connectivity index (χ4n) is 3.09. The van der Waals surface area contributed by atoms with Crippen molar-refractivity contribution in [2.75, 3.05) is 6.54 Å². The zero-order valence-corrected chi connectivity index (χ0v) is 18.8. The molecule has 2 heterocycles. The number of aromatic nitrogens is 3. The Morgan fingerprint density at radius 3 is 2.52 bits per heavy atom. The van der Waals surface area contributed by atoms with E-state index in [1.54, 1.807) is 6.20 Å². The molecule has 0 aliphatic rings. The highest BCUT2D eigenvalue weighted by atomic mass is 35.5. The molecule has 3 aromatic rings. The van der Waals surface area contributed by atoms with E-state index in [9.17, 15) is 4.79 Å². The molecule has 3 rings (SSSR count). The third kappa shape index (κ3) is 5.47. The number of pyridine rings is 1. The van der Waals surface area contributed by atoms with Crippen LogP contribution in [0.2, 0.25) is 0 Å². The molecule has 0 bridgehead atoms. The molecular weight excluding hydrogens is 409 g/mol. The predicted octanol–water partition coefficient (Wildman–Crippen LogP) is 4.30. The van der Waals surface area contributed by atoms with E-state index in [1.165, 1.54) is 0 Å². The summed E-state index contributed by atoms with van der Waals surface area (Å²) in [6, 6.07) is 10.1. The molecule has 1 amide bonds. The average Bonchev–Trinajstić information content (AvgIpc) is 3.05. The lowest BCUT2D eigenvalue weighted by molar-refractivity contribution is 0.0954. The minimum Gasteiger partial charge on any atom is -0.352 e. The SMILES string of the molecule is Cc1ccccc1-c1cc(C(=O)NCCC(C)N)c2cnn(C(C)C)c2n1.Cl.Cl. The van der Waals surface area contributed by atoms with Gasteiger partial charge in [-0.05, 0) is 45.7 Å².